The number of hydrogen-bond donors (Lipinski definition) is 3. The van der Waals surface area contributed by atoms with Crippen LogP contribution in [0, 0.1) is 5.92 Å². The molecule has 1 fully saturated rings. The number of carbonyl (C=O) groups is 2. The molecule has 0 radical (unpaired) electrons. The maximum Gasteiger partial charge on any atom is 0.325 e. The molecule has 3 N–H and O–H groups in total. The third kappa shape index (κ3) is 4.18. The third-order valence-electron chi connectivity index (χ3n) is 2.74. The van der Waals surface area contributed by atoms with Gasteiger partial charge in [-0.1, -0.05) is 12.8 Å². The molecule has 1 aliphatic rings. The molecule has 0 aromatic carbocycles. The Hall–Kier alpha value is -1.26. The van der Waals surface area contributed by atoms with E-state index in [0.717, 1.165) is 12.8 Å². The van der Waals surface area contributed by atoms with E-state index in [1.807, 2.05) is 0 Å². The first-order chi connectivity index (χ1) is 7.09. The van der Waals surface area contributed by atoms with Crippen molar-refractivity contribution in [2.24, 2.45) is 5.92 Å². The number of urea groups is 1. The molecule has 0 heterocycles. The number of aliphatic carboxylic acids is 1. The molecule has 86 valence electrons. The Bertz CT molecular complexity index is 237. The summed E-state index contributed by atoms with van der Waals surface area (Å²) in [6.07, 6.45) is 4.79. The smallest absolute Gasteiger partial charge is 0.325 e. The van der Waals surface area contributed by atoms with Gasteiger partial charge >= 0.3 is 12.0 Å². The highest BCUT2D eigenvalue weighted by atomic mass is 16.4. The topological polar surface area (TPSA) is 78.4 Å². The minimum Gasteiger partial charge on any atom is -0.480 e. The van der Waals surface area contributed by atoms with Crippen molar-refractivity contribution in [3.8, 4) is 0 Å². The van der Waals surface area contributed by atoms with Crippen molar-refractivity contribution in [1.82, 2.24) is 10.6 Å². The predicted molar refractivity (Wildman–Crippen MR) is 55.6 cm³/mol. The van der Waals surface area contributed by atoms with E-state index in [-0.39, 0.29) is 0 Å². The first-order valence-electron chi connectivity index (χ1n) is 5.36. The van der Waals surface area contributed by atoms with Crippen LogP contribution in [0.3, 0.4) is 0 Å². The van der Waals surface area contributed by atoms with E-state index in [1.165, 1.54) is 19.8 Å². The number of rotatable bonds is 4. The van der Waals surface area contributed by atoms with Gasteiger partial charge in [-0.25, -0.2) is 4.79 Å². The van der Waals surface area contributed by atoms with Gasteiger partial charge in [0.25, 0.3) is 0 Å². The summed E-state index contributed by atoms with van der Waals surface area (Å²) in [4.78, 5) is 21.7. The summed E-state index contributed by atoms with van der Waals surface area (Å²) >= 11 is 0. The van der Waals surface area contributed by atoms with E-state index in [4.69, 9.17) is 5.11 Å². The molecule has 5 heteroatoms. The number of nitrogens with one attached hydrogen (secondary N) is 2. The Morgan fingerprint density at radius 3 is 2.53 bits per heavy atom. The maximum atomic E-state index is 11.2. The van der Waals surface area contributed by atoms with E-state index in [0.29, 0.717) is 12.5 Å². The lowest BCUT2D eigenvalue weighted by molar-refractivity contribution is -0.138. The highest BCUT2D eigenvalue weighted by Crippen LogP contribution is 2.23. The fourth-order valence-electron chi connectivity index (χ4n) is 1.76. The van der Waals surface area contributed by atoms with Crippen molar-refractivity contribution in [3.63, 3.8) is 0 Å². The summed E-state index contributed by atoms with van der Waals surface area (Å²) < 4.78 is 0. The largest absolute Gasteiger partial charge is 0.480 e. The second-order valence-electron chi connectivity index (χ2n) is 4.06. The summed E-state index contributed by atoms with van der Waals surface area (Å²) in [6.45, 7) is 2.09. The number of carboxylic acids is 1. The average Bonchev–Trinajstić information content (AvgIpc) is 2.66. The minimum absolute atomic E-state index is 0.392. The fraction of sp³-hybridized carbons (Fsp3) is 0.800. The Morgan fingerprint density at radius 2 is 2.00 bits per heavy atom. The van der Waals surface area contributed by atoms with Gasteiger partial charge in [-0.2, -0.15) is 0 Å². The highest BCUT2D eigenvalue weighted by molar-refractivity contribution is 5.82. The van der Waals surface area contributed by atoms with Crippen LogP contribution in [0.1, 0.15) is 32.6 Å². The highest BCUT2D eigenvalue weighted by Gasteiger charge is 2.17. The summed E-state index contributed by atoms with van der Waals surface area (Å²) in [5.41, 5.74) is 0. The minimum atomic E-state index is -1.02. The van der Waals surface area contributed by atoms with Crippen LogP contribution in [0.15, 0.2) is 0 Å². The number of amides is 2. The molecule has 0 bridgehead atoms. The predicted octanol–water partition coefficient (Wildman–Crippen LogP) is 0.949. The van der Waals surface area contributed by atoms with E-state index < -0.39 is 18.0 Å². The van der Waals surface area contributed by atoms with Crippen molar-refractivity contribution in [1.29, 1.82) is 0 Å². The van der Waals surface area contributed by atoms with Crippen LogP contribution in [-0.4, -0.2) is 29.7 Å². The summed E-state index contributed by atoms with van der Waals surface area (Å²) in [5.74, 6) is -0.457. The van der Waals surface area contributed by atoms with Crippen molar-refractivity contribution in [2.75, 3.05) is 6.54 Å². The van der Waals surface area contributed by atoms with Crippen LogP contribution in [-0.2, 0) is 4.79 Å². The van der Waals surface area contributed by atoms with Gasteiger partial charge in [0.1, 0.15) is 6.04 Å². The molecular formula is C10H18N2O3. The van der Waals surface area contributed by atoms with Crippen LogP contribution < -0.4 is 10.6 Å². The Morgan fingerprint density at radius 1 is 1.40 bits per heavy atom. The first kappa shape index (κ1) is 11.8. The zero-order valence-electron chi connectivity index (χ0n) is 8.95. The van der Waals surface area contributed by atoms with Gasteiger partial charge in [0.2, 0.25) is 0 Å². The molecule has 0 aliphatic heterocycles. The molecule has 0 aromatic rings. The van der Waals surface area contributed by atoms with Crippen molar-refractivity contribution in [2.45, 2.75) is 38.6 Å². The van der Waals surface area contributed by atoms with Gasteiger partial charge in [0.05, 0.1) is 0 Å². The van der Waals surface area contributed by atoms with Crippen LogP contribution in [0.25, 0.3) is 0 Å². The molecule has 1 unspecified atom stereocenters. The number of carbonyl (C=O) groups excluding carboxylic acids is 1. The van der Waals surface area contributed by atoms with E-state index in [2.05, 4.69) is 10.6 Å². The molecule has 5 nitrogen and oxygen atoms in total. The maximum absolute atomic E-state index is 11.2. The molecule has 0 saturated heterocycles. The zero-order chi connectivity index (χ0) is 11.3. The zero-order valence-corrected chi connectivity index (χ0v) is 8.95. The molecule has 1 saturated carbocycles. The quantitative estimate of drug-likeness (QED) is 0.652. The van der Waals surface area contributed by atoms with Crippen molar-refractivity contribution < 1.29 is 14.7 Å². The molecule has 0 spiro atoms. The van der Waals surface area contributed by atoms with E-state index >= 15 is 0 Å². The molecular weight excluding hydrogens is 196 g/mol. The molecule has 15 heavy (non-hydrogen) atoms. The molecule has 0 aromatic heterocycles. The lowest BCUT2D eigenvalue weighted by Gasteiger charge is -2.13. The number of carboxylic acid groups (broad SMARTS) is 1. The monoisotopic (exact) mass is 214 g/mol. The third-order valence-corrected chi connectivity index (χ3v) is 2.74. The van der Waals surface area contributed by atoms with E-state index in [1.54, 1.807) is 0 Å². The first-order valence-corrected chi connectivity index (χ1v) is 5.36. The summed E-state index contributed by atoms with van der Waals surface area (Å²) in [7, 11) is 0. The lowest BCUT2D eigenvalue weighted by Crippen LogP contribution is -2.45. The van der Waals surface area contributed by atoms with Gasteiger partial charge in [-0.3, -0.25) is 4.79 Å². The SMILES string of the molecule is CC(NC(=O)NCC1CCCC1)C(=O)O. The molecule has 1 rings (SSSR count). The van der Waals surface area contributed by atoms with Crippen molar-refractivity contribution in [3.05, 3.63) is 0 Å². The van der Waals surface area contributed by atoms with Crippen LogP contribution in [0.2, 0.25) is 0 Å². The van der Waals surface area contributed by atoms with Gasteiger partial charge in [0.15, 0.2) is 0 Å². The van der Waals surface area contributed by atoms with E-state index in [9.17, 15) is 9.59 Å². The second kappa shape index (κ2) is 5.58. The Kier molecular flexibility index (Phi) is 4.39. The van der Waals surface area contributed by atoms with Gasteiger partial charge in [-0.05, 0) is 25.7 Å². The molecule has 2 amide bonds. The van der Waals surface area contributed by atoms with Gasteiger partial charge in [0, 0.05) is 6.54 Å². The normalized spacial score (nSPS) is 18.5. The standard InChI is InChI=1S/C10H18N2O3/c1-7(9(13)14)12-10(15)11-6-8-4-2-3-5-8/h7-8H,2-6H2,1H3,(H,13,14)(H2,11,12,15). The molecule has 1 atom stereocenters. The average molecular weight is 214 g/mol. The Balaban J connectivity index is 2.15. The molecule has 1 aliphatic carbocycles. The van der Waals surface area contributed by atoms with Gasteiger partial charge in [-0.15, -0.1) is 0 Å². The summed E-state index contributed by atoms with van der Waals surface area (Å²) in [6, 6.07) is -1.23. The van der Waals surface area contributed by atoms with Crippen LogP contribution in [0.4, 0.5) is 4.79 Å². The van der Waals surface area contributed by atoms with Crippen LogP contribution in [0.5, 0.6) is 0 Å². The number of hydrogen-bond acceptors (Lipinski definition) is 2. The Labute approximate surface area is 89.2 Å². The second-order valence-corrected chi connectivity index (χ2v) is 4.06. The van der Waals surface area contributed by atoms with Crippen LogP contribution >= 0.6 is 0 Å². The van der Waals surface area contributed by atoms with Gasteiger partial charge < -0.3 is 15.7 Å². The summed E-state index contributed by atoms with van der Waals surface area (Å²) in [5, 5.41) is 13.6. The fourth-order valence-corrected chi connectivity index (χ4v) is 1.76. The lowest BCUT2D eigenvalue weighted by atomic mass is 10.1. The van der Waals surface area contributed by atoms with Crippen molar-refractivity contribution >= 4 is 12.0 Å².